The van der Waals surface area contributed by atoms with E-state index in [0.29, 0.717) is 0 Å². The van der Waals surface area contributed by atoms with Crippen molar-refractivity contribution in [2.75, 3.05) is 4.90 Å². The molecule has 21 heavy (non-hydrogen) atoms. The molecule has 0 saturated carbocycles. The van der Waals surface area contributed by atoms with E-state index in [1.54, 1.807) is 0 Å². The fourth-order valence-corrected chi connectivity index (χ4v) is 4.96. The van der Waals surface area contributed by atoms with Crippen LogP contribution in [0.3, 0.4) is 0 Å². The minimum absolute atomic E-state index is 0.00328. The molecule has 0 radical (unpaired) electrons. The van der Waals surface area contributed by atoms with Crippen LogP contribution < -0.4 is 14.8 Å². The van der Waals surface area contributed by atoms with Gasteiger partial charge in [-0.3, -0.25) is 0 Å². The largest absolute Gasteiger partial charge is 0.589 e. The number of thiophene rings is 1. The van der Waals surface area contributed by atoms with E-state index in [1.165, 1.54) is 12.0 Å². The van der Waals surface area contributed by atoms with Gasteiger partial charge in [-0.25, -0.2) is 4.99 Å². The number of benzene rings is 1. The molecule has 0 N–H and O–H groups in total. The molecule has 2 heterocycles. The van der Waals surface area contributed by atoms with E-state index in [4.69, 9.17) is 4.99 Å². The molecule has 108 valence electrons. The summed E-state index contributed by atoms with van der Waals surface area (Å²) in [6.07, 6.45) is 6.52. The summed E-state index contributed by atoms with van der Waals surface area (Å²) in [6.45, 7) is 2.06. The lowest BCUT2D eigenvalue weighted by Crippen LogP contribution is -2.40. The zero-order valence-electron chi connectivity index (χ0n) is 12.1. The summed E-state index contributed by atoms with van der Waals surface area (Å²) in [4.78, 5) is 8.05. The zero-order valence-corrected chi connectivity index (χ0v) is 12.9. The van der Waals surface area contributed by atoms with E-state index < -0.39 is 10.8 Å². The van der Waals surface area contributed by atoms with Crippen molar-refractivity contribution in [1.82, 2.24) is 0 Å². The quantitative estimate of drug-likeness (QED) is 0.759. The molecule has 0 amide bonds. The Morgan fingerprint density at radius 2 is 1.95 bits per heavy atom. The number of anilines is 1. The Kier molecular flexibility index (Phi) is 3.08. The highest BCUT2D eigenvalue weighted by Gasteiger charge is 2.27. The number of para-hydroxylation sites is 1. The average Bonchev–Trinajstić information content (AvgIpc) is 2.80. The molecule has 0 bridgehead atoms. The summed E-state index contributed by atoms with van der Waals surface area (Å²) >= 11 is 0. The van der Waals surface area contributed by atoms with E-state index in [9.17, 15) is 4.55 Å². The second-order valence-corrected chi connectivity index (χ2v) is 7.15. The second kappa shape index (κ2) is 4.97. The first-order valence-corrected chi connectivity index (χ1v) is 8.68. The lowest BCUT2D eigenvalue weighted by atomic mass is 9.98. The highest BCUT2D eigenvalue weighted by Crippen LogP contribution is 2.28. The van der Waals surface area contributed by atoms with Crippen molar-refractivity contribution in [2.24, 2.45) is 4.99 Å². The molecule has 1 aromatic carbocycles. The van der Waals surface area contributed by atoms with Crippen LogP contribution in [0.1, 0.15) is 30.2 Å². The second-order valence-electron chi connectivity index (χ2n) is 5.73. The van der Waals surface area contributed by atoms with Crippen LogP contribution in [-0.4, -0.2) is 10.7 Å². The summed E-state index contributed by atoms with van der Waals surface area (Å²) in [7, 11) is -1.01. The molecule has 4 rings (SSSR count). The van der Waals surface area contributed by atoms with Gasteiger partial charge in [0.2, 0.25) is 0 Å². The van der Waals surface area contributed by atoms with E-state index in [-0.39, 0.29) is 6.17 Å². The van der Waals surface area contributed by atoms with Crippen LogP contribution in [0, 0.1) is 0 Å². The summed E-state index contributed by atoms with van der Waals surface area (Å²) < 4.78 is 13.4. The summed E-state index contributed by atoms with van der Waals surface area (Å²) in [5.74, 6) is 0. The standard InChI is InChI=1S/C17H18N2OS/c1-12-18-17-15(11-19(12)13-7-3-2-4-8-13)14-9-5-6-10-16(14)21(17)20/h2-4,7-8,11-12H,5-6,9-10H2,1H3. The molecule has 2 aromatic rings. The third-order valence-electron chi connectivity index (χ3n) is 4.40. The first-order chi connectivity index (χ1) is 10.3. The average molecular weight is 298 g/mol. The smallest absolute Gasteiger partial charge is 0.272 e. The van der Waals surface area contributed by atoms with Crippen molar-refractivity contribution in [1.29, 1.82) is 0 Å². The monoisotopic (exact) mass is 298 g/mol. The summed E-state index contributed by atoms with van der Waals surface area (Å²) in [5.41, 5.74) is 2.43. The van der Waals surface area contributed by atoms with Gasteiger partial charge in [0.05, 0.1) is 5.22 Å². The Hall–Kier alpha value is -1.65. The van der Waals surface area contributed by atoms with Crippen molar-refractivity contribution in [2.45, 2.75) is 38.8 Å². The molecule has 2 aliphatic rings. The third kappa shape index (κ3) is 2.01. The van der Waals surface area contributed by atoms with E-state index >= 15 is 0 Å². The normalized spacial score (nSPS) is 21.1. The minimum atomic E-state index is -1.01. The van der Waals surface area contributed by atoms with Crippen LogP contribution in [-0.2, 0) is 12.8 Å². The van der Waals surface area contributed by atoms with Crippen molar-refractivity contribution in [3.05, 3.63) is 50.7 Å². The van der Waals surface area contributed by atoms with Crippen molar-refractivity contribution < 1.29 is 4.55 Å². The molecule has 0 saturated heterocycles. The number of rotatable bonds is 1. The molecule has 0 fully saturated rings. The van der Waals surface area contributed by atoms with Gasteiger partial charge in [0, 0.05) is 23.9 Å². The molecular weight excluding hydrogens is 280 g/mol. The summed E-state index contributed by atoms with van der Waals surface area (Å²) in [6, 6.07) is 10.3. The first-order valence-electron chi connectivity index (χ1n) is 7.53. The van der Waals surface area contributed by atoms with Gasteiger partial charge in [0.25, 0.3) is 4.67 Å². The van der Waals surface area contributed by atoms with E-state index in [2.05, 4.69) is 30.2 Å². The fraction of sp³-hybridized carbons (Fsp3) is 0.353. The van der Waals surface area contributed by atoms with Crippen molar-refractivity contribution >= 4 is 22.6 Å². The SMILES string of the molecule is CC1N=c2c(c3c([s+]2[O-])CCCC3)=CN1c1ccccc1. The molecule has 4 heteroatoms. The Bertz CT molecular complexity index is 794. The third-order valence-corrected chi connectivity index (χ3v) is 5.98. The highest BCUT2D eigenvalue weighted by molar-refractivity contribution is 7.23. The van der Waals surface area contributed by atoms with E-state index in [0.717, 1.165) is 39.7 Å². The molecule has 0 spiro atoms. The van der Waals surface area contributed by atoms with Gasteiger partial charge in [-0.15, -0.1) is 0 Å². The lowest BCUT2D eigenvalue weighted by Gasteiger charge is -2.26. The van der Waals surface area contributed by atoms with Crippen molar-refractivity contribution in [3.63, 3.8) is 0 Å². The van der Waals surface area contributed by atoms with Crippen LogP contribution in [0.25, 0.3) is 6.20 Å². The van der Waals surface area contributed by atoms with Crippen LogP contribution in [0.2, 0.25) is 0 Å². The first kappa shape index (κ1) is 13.0. The zero-order chi connectivity index (χ0) is 14.4. The number of nitrogens with zero attached hydrogens (tertiary/aromatic N) is 2. The van der Waals surface area contributed by atoms with Gasteiger partial charge in [0.15, 0.2) is 4.88 Å². The predicted molar refractivity (Wildman–Crippen MR) is 85.4 cm³/mol. The maximum Gasteiger partial charge on any atom is 0.272 e. The molecule has 2 unspecified atom stereocenters. The predicted octanol–water partition coefficient (Wildman–Crippen LogP) is 2.52. The van der Waals surface area contributed by atoms with Gasteiger partial charge in [-0.2, -0.15) is 0 Å². The van der Waals surface area contributed by atoms with Gasteiger partial charge in [-0.05, 0) is 49.1 Å². The highest BCUT2D eigenvalue weighted by atomic mass is 32.2. The molecule has 1 aromatic heterocycles. The van der Waals surface area contributed by atoms with Crippen LogP contribution in [0.5, 0.6) is 0 Å². The van der Waals surface area contributed by atoms with E-state index in [1.807, 2.05) is 18.2 Å². The molecular formula is C17H18N2OS. The molecule has 1 aliphatic heterocycles. The Morgan fingerprint density at radius 3 is 2.76 bits per heavy atom. The van der Waals surface area contributed by atoms with Gasteiger partial charge < -0.3 is 9.45 Å². The maximum absolute atomic E-state index is 12.6. The molecule has 2 atom stereocenters. The number of hydrogen-bond donors (Lipinski definition) is 0. The van der Waals surface area contributed by atoms with Crippen LogP contribution >= 0.6 is 10.8 Å². The Labute approximate surface area is 127 Å². The van der Waals surface area contributed by atoms with Gasteiger partial charge in [-0.1, -0.05) is 18.2 Å². The summed E-state index contributed by atoms with van der Waals surface area (Å²) in [5, 5.41) is 1.12. The fourth-order valence-electron chi connectivity index (χ4n) is 3.33. The van der Waals surface area contributed by atoms with Crippen LogP contribution in [0.15, 0.2) is 35.3 Å². The Morgan fingerprint density at radius 1 is 1.19 bits per heavy atom. The minimum Gasteiger partial charge on any atom is -0.589 e. The maximum atomic E-state index is 12.6. The van der Waals surface area contributed by atoms with Gasteiger partial charge >= 0.3 is 0 Å². The number of fused-ring (bicyclic) bond motifs is 3. The van der Waals surface area contributed by atoms with Gasteiger partial charge in [0.1, 0.15) is 6.17 Å². The molecule has 3 nitrogen and oxygen atoms in total. The Balaban J connectivity index is 1.93. The van der Waals surface area contributed by atoms with Crippen molar-refractivity contribution in [3.8, 4) is 0 Å². The number of hydrogen-bond acceptors (Lipinski definition) is 3. The van der Waals surface area contributed by atoms with Crippen LogP contribution in [0.4, 0.5) is 5.69 Å². The lowest BCUT2D eigenvalue weighted by molar-refractivity contribution is 0.588. The topological polar surface area (TPSA) is 38.7 Å². The molecule has 1 aliphatic carbocycles.